The van der Waals surface area contributed by atoms with Gasteiger partial charge in [-0.15, -0.1) is 0 Å². The molecule has 0 aliphatic carbocycles. The minimum absolute atomic E-state index is 0.0100. The molecule has 0 aromatic rings. The van der Waals surface area contributed by atoms with Gasteiger partial charge in [-0.3, -0.25) is 9.35 Å². The van der Waals surface area contributed by atoms with E-state index in [2.05, 4.69) is 4.18 Å². The van der Waals surface area contributed by atoms with E-state index in [1.165, 1.54) is 0 Å². The normalized spacial score (nSPS) is 25.8. The number of nitrogens with one attached hydrogen (secondary N) is 1. The van der Waals surface area contributed by atoms with E-state index < -0.39 is 77.5 Å². The maximum absolute atomic E-state index is 11.5. The van der Waals surface area contributed by atoms with Crippen LogP contribution in [0.5, 0.6) is 0 Å². The quantitative estimate of drug-likeness (QED) is 0.114. The zero-order chi connectivity index (χ0) is 23.2. The molecule has 0 radical (unpaired) electrons. The van der Waals surface area contributed by atoms with Crippen molar-refractivity contribution in [1.29, 1.82) is 0 Å². The number of aliphatic hydroxyl groups excluding tert-OH is 4. The number of carboxylic acid groups (broad SMARTS) is 1. The van der Waals surface area contributed by atoms with Crippen molar-refractivity contribution in [2.24, 2.45) is 0 Å². The highest BCUT2D eigenvalue weighted by Gasteiger charge is 2.44. The summed E-state index contributed by atoms with van der Waals surface area (Å²) < 4.78 is 45.5. The molecule has 0 fully saturated rings. The predicted molar refractivity (Wildman–Crippen MR) is 90.7 cm³/mol. The Hall–Kier alpha value is -2.18. The van der Waals surface area contributed by atoms with E-state index in [4.69, 9.17) is 24.2 Å². The molecule has 1 heterocycles. The van der Waals surface area contributed by atoms with Crippen LogP contribution in [0.4, 0.5) is 0 Å². The van der Waals surface area contributed by atoms with Gasteiger partial charge < -0.3 is 45.1 Å². The molecule has 7 N–H and O–H groups in total. The number of aliphatic hydroxyl groups is 4. The first kappa shape index (κ1) is 25.9. The summed E-state index contributed by atoms with van der Waals surface area (Å²) in [6, 6.07) is -1.82. The van der Waals surface area contributed by atoms with Gasteiger partial charge in [0.1, 0.15) is 42.8 Å². The van der Waals surface area contributed by atoms with Crippen molar-refractivity contribution in [3.8, 4) is 0 Å². The van der Waals surface area contributed by atoms with Crippen molar-refractivity contribution in [2.45, 2.75) is 49.8 Å². The third-order valence-electron chi connectivity index (χ3n) is 3.69. The first-order valence-electron chi connectivity index (χ1n) is 8.11. The van der Waals surface area contributed by atoms with Crippen LogP contribution in [0, 0.1) is 0 Å². The molecule has 0 saturated carbocycles. The second kappa shape index (κ2) is 10.7. The van der Waals surface area contributed by atoms with Gasteiger partial charge in [0, 0.05) is 6.92 Å². The number of carbonyl (C=O) groups is 3. The number of aldehydes is 1. The lowest BCUT2D eigenvalue weighted by Gasteiger charge is -2.37. The number of carbonyl (C=O) groups excluding carboxylic acids is 2. The molecule has 0 saturated heterocycles. The molecule has 1 aliphatic rings. The van der Waals surface area contributed by atoms with Gasteiger partial charge in [0.05, 0.1) is 6.61 Å². The second-order valence-electron chi connectivity index (χ2n) is 6.01. The zero-order valence-electron chi connectivity index (χ0n) is 15.3. The van der Waals surface area contributed by atoms with E-state index in [-0.39, 0.29) is 6.29 Å². The summed E-state index contributed by atoms with van der Waals surface area (Å²) >= 11 is 0. The highest BCUT2D eigenvalue weighted by atomic mass is 32.3. The fraction of sp³-hybridized carbons (Fsp3) is 0.643. The molecular formula is C14H21NO14S. The van der Waals surface area contributed by atoms with Crippen molar-refractivity contribution in [3.63, 3.8) is 0 Å². The van der Waals surface area contributed by atoms with E-state index in [0.29, 0.717) is 6.08 Å². The number of amides is 1. The van der Waals surface area contributed by atoms with Gasteiger partial charge in [-0.2, -0.15) is 8.42 Å². The number of hydrogen-bond donors (Lipinski definition) is 7. The largest absolute Gasteiger partial charge is 0.475 e. The fourth-order valence-electron chi connectivity index (χ4n) is 2.41. The minimum atomic E-state index is -5.32. The van der Waals surface area contributed by atoms with Crippen molar-refractivity contribution >= 4 is 28.6 Å². The SMILES string of the molecule is CC(=O)NC(C=O)C(OC1OC(C(=O)O)=CC(O)C1O)C(OS(=O)(=O)O)C(O)CO. The maximum atomic E-state index is 11.5. The molecule has 0 aromatic carbocycles. The number of hydrogen-bond acceptors (Lipinski definition) is 12. The van der Waals surface area contributed by atoms with Crippen LogP contribution in [-0.4, -0.2) is 106 Å². The first-order valence-corrected chi connectivity index (χ1v) is 9.47. The lowest BCUT2D eigenvalue weighted by Crippen LogP contribution is -2.58. The Morgan fingerprint density at radius 1 is 1.33 bits per heavy atom. The molecule has 7 unspecified atom stereocenters. The van der Waals surface area contributed by atoms with Gasteiger partial charge in [-0.25, -0.2) is 8.98 Å². The summed E-state index contributed by atoms with van der Waals surface area (Å²) in [6.45, 7) is -0.224. The number of rotatable bonds is 11. The van der Waals surface area contributed by atoms with E-state index in [9.17, 15) is 38.1 Å². The van der Waals surface area contributed by atoms with Crippen molar-refractivity contribution < 1.29 is 66.5 Å². The molecule has 30 heavy (non-hydrogen) atoms. The van der Waals surface area contributed by atoms with Gasteiger partial charge in [0.2, 0.25) is 18.0 Å². The van der Waals surface area contributed by atoms with Crippen LogP contribution in [0.25, 0.3) is 0 Å². The van der Waals surface area contributed by atoms with Gasteiger partial charge >= 0.3 is 16.4 Å². The average molecular weight is 459 g/mol. The van der Waals surface area contributed by atoms with Crippen LogP contribution in [0.1, 0.15) is 6.92 Å². The molecule has 7 atom stereocenters. The summed E-state index contributed by atoms with van der Waals surface area (Å²) in [7, 11) is -5.32. The summed E-state index contributed by atoms with van der Waals surface area (Å²) in [5.41, 5.74) is 0. The van der Waals surface area contributed by atoms with Gasteiger partial charge in [-0.1, -0.05) is 0 Å². The smallest absolute Gasteiger partial charge is 0.397 e. The Morgan fingerprint density at radius 2 is 1.93 bits per heavy atom. The first-order chi connectivity index (χ1) is 13.8. The average Bonchev–Trinajstić information content (AvgIpc) is 2.63. The molecule has 1 aliphatic heterocycles. The molecule has 16 heteroatoms. The maximum Gasteiger partial charge on any atom is 0.397 e. The highest BCUT2D eigenvalue weighted by molar-refractivity contribution is 7.80. The Balaban J connectivity index is 3.37. The molecular weight excluding hydrogens is 438 g/mol. The Morgan fingerprint density at radius 3 is 2.37 bits per heavy atom. The van der Waals surface area contributed by atoms with E-state index in [1.807, 2.05) is 5.32 Å². The molecule has 1 rings (SSSR count). The van der Waals surface area contributed by atoms with E-state index in [0.717, 1.165) is 6.92 Å². The second-order valence-corrected chi connectivity index (χ2v) is 7.05. The van der Waals surface area contributed by atoms with E-state index in [1.54, 1.807) is 0 Å². The van der Waals surface area contributed by atoms with Crippen LogP contribution < -0.4 is 5.32 Å². The van der Waals surface area contributed by atoms with Gasteiger partial charge in [-0.05, 0) is 6.08 Å². The number of aliphatic carboxylic acids is 1. The van der Waals surface area contributed by atoms with Gasteiger partial charge in [0.25, 0.3) is 0 Å². The molecule has 15 nitrogen and oxygen atoms in total. The standard InChI is InChI=1S/C14H21NO14S/c1-5(18)15-6(3-16)11(12(8(20)4-17)29-30(24,25)26)28-14-10(21)7(19)2-9(27-14)13(22)23/h2-3,6-8,10-12,14,17,19-21H,4H2,1H3,(H,15,18)(H,22,23)(H,24,25,26). The van der Waals surface area contributed by atoms with E-state index >= 15 is 0 Å². The minimum Gasteiger partial charge on any atom is -0.475 e. The Labute approximate surface area is 169 Å². The summed E-state index contributed by atoms with van der Waals surface area (Å²) in [5, 5.41) is 49.8. The molecule has 1 amide bonds. The van der Waals surface area contributed by atoms with Crippen LogP contribution in [-0.2, 0) is 38.4 Å². The highest BCUT2D eigenvalue weighted by Crippen LogP contribution is 2.24. The third kappa shape index (κ3) is 7.26. The third-order valence-corrected chi connectivity index (χ3v) is 4.15. The molecule has 0 aromatic heterocycles. The monoisotopic (exact) mass is 459 g/mol. The van der Waals surface area contributed by atoms with Crippen molar-refractivity contribution in [1.82, 2.24) is 5.32 Å². The summed E-state index contributed by atoms with van der Waals surface area (Å²) in [4.78, 5) is 33.9. The lowest BCUT2D eigenvalue weighted by atomic mass is 10.0. The Bertz CT molecular complexity index is 767. The van der Waals surface area contributed by atoms with Crippen LogP contribution in [0.2, 0.25) is 0 Å². The van der Waals surface area contributed by atoms with Gasteiger partial charge in [0.15, 0.2) is 0 Å². The predicted octanol–water partition coefficient (Wildman–Crippen LogP) is -4.34. The van der Waals surface area contributed by atoms with Crippen molar-refractivity contribution in [2.75, 3.05) is 6.61 Å². The van der Waals surface area contributed by atoms with Crippen LogP contribution in [0.15, 0.2) is 11.8 Å². The zero-order valence-corrected chi connectivity index (χ0v) is 16.1. The van der Waals surface area contributed by atoms with Crippen molar-refractivity contribution in [3.05, 3.63) is 11.8 Å². The topological polar surface area (TPSA) is 246 Å². The number of ether oxygens (including phenoxy) is 2. The molecule has 0 spiro atoms. The van der Waals surface area contributed by atoms with Crippen LogP contribution in [0.3, 0.4) is 0 Å². The summed E-state index contributed by atoms with van der Waals surface area (Å²) in [6.07, 6.45) is -11.7. The fourth-order valence-corrected chi connectivity index (χ4v) is 2.93. The Kier molecular flexibility index (Phi) is 9.25. The lowest BCUT2D eigenvalue weighted by molar-refractivity contribution is -0.245. The number of carboxylic acids is 1. The molecule has 0 bridgehead atoms. The summed E-state index contributed by atoms with van der Waals surface area (Å²) in [5.74, 6) is -3.41. The molecule has 172 valence electrons. The van der Waals surface area contributed by atoms with Crippen LogP contribution >= 0.6 is 0 Å².